The van der Waals surface area contributed by atoms with E-state index in [9.17, 15) is 18.0 Å². The van der Waals surface area contributed by atoms with Gasteiger partial charge in [-0.1, -0.05) is 23.4 Å². The number of halogens is 3. The lowest BCUT2D eigenvalue weighted by Crippen LogP contribution is -2.37. The van der Waals surface area contributed by atoms with Crippen LogP contribution in [0.2, 0.25) is 0 Å². The number of aliphatic hydroxyl groups is 1. The first-order valence-corrected chi connectivity index (χ1v) is 6.49. The van der Waals surface area contributed by atoms with Gasteiger partial charge in [-0.2, -0.15) is 18.3 Å². The van der Waals surface area contributed by atoms with Crippen LogP contribution in [0.15, 0.2) is 41.3 Å². The lowest BCUT2D eigenvalue weighted by atomic mass is 10.3. The molecule has 0 radical (unpaired) electrons. The van der Waals surface area contributed by atoms with Crippen LogP contribution in [0.25, 0.3) is 16.7 Å². The molecule has 120 valence electrons. The summed E-state index contributed by atoms with van der Waals surface area (Å²) in [6.45, 7) is -1.03. The first-order valence-electron chi connectivity index (χ1n) is 6.49. The SMILES string of the molecule is O=c1c2cnn(-c3ccccc3)c2nnn1C[C@H](O)C(F)(F)F. The van der Waals surface area contributed by atoms with E-state index in [4.69, 9.17) is 5.11 Å². The van der Waals surface area contributed by atoms with Crippen molar-refractivity contribution in [3.05, 3.63) is 46.9 Å². The molecule has 3 rings (SSSR count). The molecule has 2 aromatic heterocycles. The molecule has 0 bridgehead atoms. The van der Waals surface area contributed by atoms with E-state index in [0.717, 1.165) is 0 Å². The molecule has 1 N–H and O–H groups in total. The Morgan fingerprint density at radius 2 is 1.91 bits per heavy atom. The normalized spacial score (nSPS) is 13.4. The van der Waals surface area contributed by atoms with Gasteiger partial charge in [0.05, 0.1) is 18.4 Å². The van der Waals surface area contributed by atoms with Crippen molar-refractivity contribution in [2.24, 2.45) is 0 Å². The largest absolute Gasteiger partial charge is 0.416 e. The van der Waals surface area contributed by atoms with Crippen molar-refractivity contribution in [1.29, 1.82) is 0 Å². The molecule has 0 aliphatic heterocycles. The van der Waals surface area contributed by atoms with Crippen molar-refractivity contribution >= 4 is 11.0 Å². The predicted molar refractivity (Wildman–Crippen MR) is 73.0 cm³/mol. The fourth-order valence-electron chi connectivity index (χ4n) is 2.01. The number of aromatic nitrogens is 5. The van der Waals surface area contributed by atoms with Gasteiger partial charge in [0.25, 0.3) is 5.56 Å². The minimum absolute atomic E-state index is 0.0122. The number of nitrogens with zero attached hydrogens (tertiary/aromatic N) is 5. The summed E-state index contributed by atoms with van der Waals surface area (Å²) in [5, 5.41) is 20.3. The van der Waals surface area contributed by atoms with Gasteiger partial charge in [-0.05, 0) is 12.1 Å². The first-order chi connectivity index (χ1) is 10.9. The summed E-state index contributed by atoms with van der Waals surface area (Å²) in [6.07, 6.45) is -6.34. The molecule has 10 heteroatoms. The van der Waals surface area contributed by atoms with Crippen molar-refractivity contribution < 1.29 is 18.3 Å². The van der Waals surface area contributed by atoms with Gasteiger partial charge >= 0.3 is 6.18 Å². The minimum Gasteiger partial charge on any atom is -0.382 e. The van der Waals surface area contributed by atoms with Gasteiger partial charge in [0, 0.05) is 0 Å². The summed E-state index contributed by atoms with van der Waals surface area (Å²) >= 11 is 0. The second-order valence-electron chi connectivity index (χ2n) is 4.76. The Kier molecular flexibility index (Phi) is 3.60. The topological polar surface area (TPSA) is 85.8 Å². The number of alkyl halides is 3. The van der Waals surface area contributed by atoms with Gasteiger partial charge < -0.3 is 5.11 Å². The van der Waals surface area contributed by atoms with Crippen molar-refractivity contribution in [2.75, 3.05) is 0 Å². The molecule has 2 heterocycles. The first kappa shape index (κ1) is 15.2. The van der Waals surface area contributed by atoms with Crippen LogP contribution in [0.5, 0.6) is 0 Å². The molecular formula is C13H10F3N5O2. The quantitative estimate of drug-likeness (QED) is 0.773. The maximum atomic E-state index is 12.4. The molecule has 0 fully saturated rings. The molecule has 0 amide bonds. The molecule has 0 spiro atoms. The summed E-state index contributed by atoms with van der Waals surface area (Å²) in [5.41, 5.74) is -0.0521. The second kappa shape index (κ2) is 5.47. The number of para-hydroxylation sites is 1. The van der Waals surface area contributed by atoms with Gasteiger partial charge in [0.1, 0.15) is 5.39 Å². The highest BCUT2D eigenvalue weighted by Gasteiger charge is 2.39. The Morgan fingerprint density at radius 3 is 2.57 bits per heavy atom. The van der Waals surface area contributed by atoms with Gasteiger partial charge in [0.15, 0.2) is 11.8 Å². The number of aliphatic hydroxyl groups excluding tert-OH is 1. The highest BCUT2D eigenvalue weighted by molar-refractivity contribution is 5.74. The molecule has 3 aromatic rings. The molecule has 1 aromatic carbocycles. The van der Waals surface area contributed by atoms with Crippen LogP contribution < -0.4 is 5.56 Å². The molecule has 23 heavy (non-hydrogen) atoms. The van der Waals surface area contributed by atoms with E-state index in [1.165, 1.54) is 10.9 Å². The molecular weight excluding hydrogens is 315 g/mol. The standard InChI is InChI=1S/C13H10F3N5O2/c14-13(15,16)10(22)7-20-12(23)9-6-17-21(11(9)18-19-20)8-4-2-1-3-5-8/h1-6,10,22H,7H2/t10-/m0/s1. The summed E-state index contributed by atoms with van der Waals surface area (Å²) in [7, 11) is 0. The molecule has 0 aliphatic rings. The van der Waals surface area contributed by atoms with E-state index in [0.29, 0.717) is 10.4 Å². The average molecular weight is 325 g/mol. The number of benzene rings is 1. The fourth-order valence-corrected chi connectivity index (χ4v) is 2.01. The molecule has 0 unspecified atom stereocenters. The van der Waals surface area contributed by atoms with E-state index >= 15 is 0 Å². The van der Waals surface area contributed by atoms with Gasteiger partial charge in [-0.15, -0.1) is 5.10 Å². The molecule has 1 atom stereocenters. The third-order valence-corrected chi connectivity index (χ3v) is 3.18. The van der Waals surface area contributed by atoms with Crippen LogP contribution in [-0.2, 0) is 6.54 Å². The minimum atomic E-state index is -4.84. The van der Waals surface area contributed by atoms with Crippen LogP contribution >= 0.6 is 0 Å². The Labute approximate surface area is 126 Å². The van der Waals surface area contributed by atoms with Crippen LogP contribution in [-0.4, -0.2) is 42.2 Å². The number of rotatable bonds is 3. The Bertz CT molecular complexity index is 888. The van der Waals surface area contributed by atoms with Crippen molar-refractivity contribution in [2.45, 2.75) is 18.8 Å². The van der Waals surface area contributed by atoms with E-state index in [1.807, 2.05) is 0 Å². The maximum Gasteiger partial charge on any atom is 0.416 e. The van der Waals surface area contributed by atoms with E-state index in [-0.39, 0.29) is 11.0 Å². The summed E-state index contributed by atoms with van der Waals surface area (Å²) < 4.78 is 39.0. The summed E-state index contributed by atoms with van der Waals surface area (Å²) in [6, 6.07) is 8.78. The number of fused-ring (bicyclic) bond motifs is 1. The van der Waals surface area contributed by atoms with Crippen molar-refractivity contribution in [3.8, 4) is 5.69 Å². The molecule has 0 saturated heterocycles. The van der Waals surface area contributed by atoms with E-state index in [2.05, 4.69) is 15.4 Å². The molecule has 0 aliphatic carbocycles. The number of hydrogen-bond donors (Lipinski definition) is 1. The van der Waals surface area contributed by atoms with Crippen molar-refractivity contribution in [1.82, 2.24) is 24.8 Å². The summed E-state index contributed by atoms with van der Waals surface area (Å²) in [5.74, 6) is 0. The van der Waals surface area contributed by atoms with Crippen LogP contribution in [0.4, 0.5) is 13.2 Å². The molecule has 0 saturated carbocycles. The van der Waals surface area contributed by atoms with E-state index in [1.54, 1.807) is 30.3 Å². The Balaban J connectivity index is 2.04. The fraction of sp³-hybridized carbons (Fsp3) is 0.231. The summed E-state index contributed by atoms with van der Waals surface area (Å²) in [4.78, 5) is 12.2. The Morgan fingerprint density at radius 1 is 1.22 bits per heavy atom. The highest BCUT2D eigenvalue weighted by atomic mass is 19.4. The van der Waals surface area contributed by atoms with Gasteiger partial charge in [-0.3, -0.25) is 4.79 Å². The maximum absolute atomic E-state index is 12.4. The Hall–Kier alpha value is -2.75. The number of hydrogen-bond acceptors (Lipinski definition) is 5. The predicted octanol–water partition coefficient (Wildman–Crippen LogP) is 0.900. The van der Waals surface area contributed by atoms with Crippen LogP contribution in [0.1, 0.15) is 0 Å². The zero-order valence-electron chi connectivity index (χ0n) is 11.5. The zero-order chi connectivity index (χ0) is 16.6. The van der Waals surface area contributed by atoms with Crippen LogP contribution in [0, 0.1) is 0 Å². The van der Waals surface area contributed by atoms with Gasteiger partial charge in [0.2, 0.25) is 0 Å². The lowest BCUT2D eigenvalue weighted by Gasteiger charge is -2.14. The lowest BCUT2D eigenvalue weighted by molar-refractivity contribution is -0.208. The van der Waals surface area contributed by atoms with Crippen molar-refractivity contribution in [3.63, 3.8) is 0 Å². The third-order valence-electron chi connectivity index (χ3n) is 3.18. The van der Waals surface area contributed by atoms with Gasteiger partial charge in [-0.25, -0.2) is 9.36 Å². The average Bonchev–Trinajstić information content (AvgIpc) is 2.94. The smallest absolute Gasteiger partial charge is 0.382 e. The monoisotopic (exact) mass is 325 g/mol. The molecule has 7 nitrogen and oxygen atoms in total. The zero-order valence-corrected chi connectivity index (χ0v) is 11.5. The van der Waals surface area contributed by atoms with Crippen LogP contribution in [0.3, 0.4) is 0 Å². The second-order valence-corrected chi connectivity index (χ2v) is 4.76. The third kappa shape index (κ3) is 2.80. The van der Waals surface area contributed by atoms with E-state index < -0.39 is 24.4 Å². The highest BCUT2D eigenvalue weighted by Crippen LogP contribution is 2.20.